The highest BCUT2D eigenvalue weighted by Crippen LogP contribution is 2.32. The maximum atomic E-state index is 4.39. The second-order valence-corrected chi connectivity index (χ2v) is 6.11. The summed E-state index contributed by atoms with van der Waals surface area (Å²) in [5.41, 5.74) is 0. The number of fused-ring (bicyclic) bond motifs is 1. The van der Waals surface area contributed by atoms with Gasteiger partial charge in [-0.15, -0.1) is 11.3 Å². The molecule has 16 heavy (non-hydrogen) atoms. The molecule has 2 aliphatic heterocycles. The Morgan fingerprint density at radius 3 is 3.19 bits per heavy atom. The number of aryl methyl sites for hydroxylation is 1. The Labute approximate surface area is 101 Å². The van der Waals surface area contributed by atoms with Crippen LogP contribution in [0.2, 0.25) is 0 Å². The minimum atomic E-state index is 0.574. The van der Waals surface area contributed by atoms with E-state index < -0.39 is 0 Å². The second-order valence-electron chi connectivity index (χ2n) is 4.84. The van der Waals surface area contributed by atoms with E-state index in [2.05, 4.69) is 28.3 Å². The summed E-state index contributed by atoms with van der Waals surface area (Å²) in [6.45, 7) is 5.64. The molecule has 2 fully saturated rings. The van der Waals surface area contributed by atoms with Crippen molar-refractivity contribution in [2.24, 2.45) is 0 Å². The summed E-state index contributed by atoms with van der Waals surface area (Å²) in [6.07, 6.45) is 6.20. The molecule has 1 aromatic heterocycles. The van der Waals surface area contributed by atoms with Gasteiger partial charge in [0.05, 0.1) is 11.0 Å². The van der Waals surface area contributed by atoms with E-state index in [0.717, 1.165) is 12.6 Å². The molecule has 4 heteroatoms. The predicted molar refractivity (Wildman–Crippen MR) is 66.8 cm³/mol. The van der Waals surface area contributed by atoms with Crippen LogP contribution in [0, 0.1) is 6.92 Å². The molecular formula is C12H19N3S. The van der Waals surface area contributed by atoms with Crippen LogP contribution in [-0.4, -0.2) is 35.6 Å². The zero-order valence-corrected chi connectivity index (χ0v) is 10.6. The zero-order chi connectivity index (χ0) is 11.0. The SMILES string of the molecule is Cc1ncc(C2CNCC3CCCCN32)s1. The van der Waals surface area contributed by atoms with Gasteiger partial charge < -0.3 is 5.32 Å². The van der Waals surface area contributed by atoms with Gasteiger partial charge in [-0.3, -0.25) is 4.90 Å². The van der Waals surface area contributed by atoms with Crippen molar-refractivity contribution in [3.63, 3.8) is 0 Å². The maximum Gasteiger partial charge on any atom is 0.0897 e. The first kappa shape index (κ1) is 10.7. The number of aromatic nitrogens is 1. The number of hydrogen-bond donors (Lipinski definition) is 1. The van der Waals surface area contributed by atoms with Crippen LogP contribution in [-0.2, 0) is 0 Å². The number of piperidine rings is 1. The first-order valence-corrected chi connectivity index (χ1v) is 7.05. The Kier molecular flexibility index (Phi) is 2.96. The molecule has 1 aromatic rings. The first-order valence-electron chi connectivity index (χ1n) is 6.23. The van der Waals surface area contributed by atoms with Crippen molar-refractivity contribution in [3.8, 4) is 0 Å². The Bertz CT molecular complexity index is 361. The molecule has 1 N–H and O–H groups in total. The van der Waals surface area contributed by atoms with E-state index in [1.54, 1.807) is 0 Å². The van der Waals surface area contributed by atoms with Crippen LogP contribution in [0.5, 0.6) is 0 Å². The van der Waals surface area contributed by atoms with E-state index in [4.69, 9.17) is 0 Å². The van der Waals surface area contributed by atoms with Crippen molar-refractivity contribution in [2.45, 2.75) is 38.3 Å². The predicted octanol–water partition coefficient (Wildman–Crippen LogP) is 1.95. The van der Waals surface area contributed by atoms with Gasteiger partial charge >= 0.3 is 0 Å². The molecule has 0 aromatic carbocycles. The molecule has 0 spiro atoms. The van der Waals surface area contributed by atoms with Gasteiger partial charge in [0.1, 0.15) is 0 Å². The summed E-state index contributed by atoms with van der Waals surface area (Å²) in [5.74, 6) is 0. The number of piperazine rings is 1. The van der Waals surface area contributed by atoms with Crippen LogP contribution in [0.25, 0.3) is 0 Å². The lowest BCUT2D eigenvalue weighted by molar-refractivity contribution is 0.0659. The lowest BCUT2D eigenvalue weighted by Crippen LogP contribution is -2.54. The van der Waals surface area contributed by atoms with Gasteiger partial charge in [0.25, 0.3) is 0 Å². The zero-order valence-electron chi connectivity index (χ0n) is 9.78. The maximum absolute atomic E-state index is 4.39. The topological polar surface area (TPSA) is 28.2 Å². The highest BCUT2D eigenvalue weighted by atomic mass is 32.1. The van der Waals surface area contributed by atoms with Gasteiger partial charge in [0.2, 0.25) is 0 Å². The Balaban J connectivity index is 1.82. The summed E-state index contributed by atoms with van der Waals surface area (Å²) >= 11 is 1.86. The number of rotatable bonds is 1. The summed E-state index contributed by atoms with van der Waals surface area (Å²) in [4.78, 5) is 8.54. The molecule has 0 saturated carbocycles. The van der Waals surface area contributed by atoms with Gasteiger partial charge in [-0.2, -0.15) is 0 Å². The Morgan fingerprint density at radius 2 is 2.38 bits per heavy atom. The fraction of sp³-hybridized carbons (Fsp3) is 0.750. The minimum absolute atomic E-state index is 0.574. The second kappa shape index (κ2) is 4.43. The summed E-state index contributed by atoms with van der Waals surface area (Å²) in [6, 6.07) is 1.33. The number of nitrogens with zero attached hydrogens (tertiary/aromatic N) is 2. The van der Waals surface area contributed by atoms with Crippen molar-refractivity contribution in [3.05, 3.63) is 16.1 Å². The monoisotopic (exact) mass is 237 g/mol. The molecule has 2 saturated heterocycles. The van der Waals surface area contributed by atoms with Crippen LogP contribution in [0.3, 0.4) is 0 Å². The standard InChI is InChI=1S/C12H19N3S/c1-9-14-8-12(16-9)11-7-13-6-10-4-2-3-5-15(10)11/h8,10-11,13H,2-7H2,1H3. The molecule has 0 aliphatic carbocycles. The van der Waals surface area contributed by atoms with Gasteiger partial charge in [0.15, 0.2) is 0 Å². The smallest absolute Gasteiger partial charge is 0.0897 e. The molecular weight excluding hydrogens is 218 g/mol. The first-order chi connectivity index (χ1) is 7.84. The van der Waals surface area contributed by atoms with Crippen LogP contribution in [0.1, 0.15) is 35.2 Å². The number of thiazole rings is 1. The van der Waals surface area contributed by atoms with E-state index >= 15 is 0 Å². The quantitative estimate of drug-likeness (QED) is 0.809. The van der Waals surface area contributed by atoms with E-state index in [-0.39, 0.29) is 0 Å². The summed E-state index contributed by atoms with van der Waals surface area (Å²) in [7, 11) is 0. The summed E-state index contributed by atoms with van der Waals surface area (Å²) in [5, 5.41) is 4.77. The Hall–Kier alpha value is -0.450. The van der Waals surface area contributed by atoms with E-state index in [1.165, 1.54) is 42.2 Å². The van der Waals surface area contributed by atoms with E-state index in [1.807, 2.05) is 11.3 Å². The highest BCUT2D eigenvalue weighted by molar-refractivity contribution is 7.11. The van der Waals surface area contributed by atoms with Crippen molar-refractivity contribution in [1.29, 1.82) is 0 Å². The normalized spacial score (nSPS) is 31.3. The van der Waals surface area contributed by atoms with Crippen LogP contribution in [0.4, 0.5) is 0 Å². The lowest BCUT2D eigenvalue weighted by Gasteiger charge is -2.44. The van der Waals surface area contributed by atoms with Crippen molar-refractivity contribution in [1.82, 2.24) is 15.2 Å². The molecule has 2 unspecified atom stereocenters. The molecule has 3 nitrogen and oxygen atoms in total. The van der Waals surface area contributed by atoms with Gasteiger partial charge in [0, 0.05) is 30.2 Å². The largest absolute Gasteiger partial charge is 0.313 e. The fourth-order valence-corrected chi connectivity index (χ4v) is 3.86. The van der Waals surface area contributed by atoms with Crippen molar-refractivity contribution in [2.75, 3.05) is 19.6 Å². The van der Waals surface area contributed by atoms with Crippen LogP contribution >= 0.6 is 11.3 Å². The molecule has 0 radical (unpaired) electrons. The van der Waals surface area contributed by atoms with Gasteiger partial charge in [-0.1, -0.05) is 6.42 Å². The third-order valence-corrected chi connectivity index (χ3v) is 4.77. The minimum Gasteiger partial charge on any atom is -0.313 e. The molecule has 3 heterocycles. The third kappa shape index (κ3) is 1.90. The third-order valence-electron chi connectivity index (χ3n) is 3.76. The van der Waals surface area contributed by atoms with Gasteiger partial charge in [-0.25, -0.2) is 4.98 Å². The number of nitrogens with one attached hydrogen (secondary N) is 1. The van der Waals surface area contributed by atoms with E-state index in [0.29, 0.717) is 6.04 Å². The van der Waals surface area contributed by atoms with Crippen LogP contribution < -0.4 is 5.32 Å². The molecule has 0 bridgehead atoms. The van der Waals surface area contributed by atoms with Crippen LogP contribution in [0.15, 0.2) is 6.20 Å². The summed E-state index contributed by atoms with van der Waals surface area (Å²) < 4.78 is 0. The average molecular weight is 237 g/mol. The number of hydrogen-bond acceptors (Lipinski definition) is 4. The van der Waals surface area contributed by atoms with Gasteiger partial charge in [-0.05, 0) is 26.3 Å². The highest BCUT2D eigenvalue weighted by Gasteiger charge is 2.33. The van der Waals surface area contributed by atoms with Crippen molar-refractivity contribution < 1.29 is 0 Å². The average Bonchev–Trinajstić information content (AvgIpc) is 2.75. The Morgan fingerprint density at radius 1 is 1.44 bits per heavy atom. The molecule has 2 aliphatic rings. The lowest BCUT2D eigenvalue weighted by atomic mass is 9.96. The molecule has 0 amide bonds. The van der Waals surface area contributed by atoms with E-state index in [9.17, 15) is 0 Å². The molecule has 3 rings (SSSR count). The molecule has 88 valence electrons. The molecule has 2 atom stereocenters. The van der Waals surface area contributed by atoms with Crippen molar-refractivity contribution >= 4 is 11.3 Å². The fourth-order valence-electron chi connectivity index (χ4n) is 2.95.